The number of aromatic nitrogens is 2. The van der Waals surface area contributed by atoms with Crippen molar-refractivity contribution >= 4 is 54.1 Å². The van der Waals surface area contributed by atoms with Gasteiger partial charge in [-0.15, -0.1) is 11.3 Å². The Kier molecular flexibility index (Phi) is 5.63. The van der Waals surface area contributed by atoms with Gasteiger partial charge in [0.05, 0.1) is 25.9 Å². The molecular weight excluding hydrogens is 400 g/mol. The normalized spacial score (nSPS) is 11.6. The van der Waals surface area contributed by atoms with Crippen LogP contribution in [0.5, 0.6) is 0 Å². The van der Waals surface area contributed by atoms with Gasteiger partial charge >= 0.3 is 0 Å². The standard InChI is InChI=1S/C22H24N4OS2/c1-14-10-15(2)20-18(11-14)24-22(29-20)26(9-5-8-25(3)4)21(27)16-6-7-17-19(12-16)28-13-23-17/h6-7,10-13H,5,8-9H2,1-4H3. The molecule has 29 heavy (non-hydrogen) atoms. The van der Waals surface area contributed by atoms with Gasteiger partial charge in [0, 0.05) is 12.1 Å². The molecule has 5 nitrogen and oxygen atoms in total. The van der Waals surface area contributed by atoms with E-state index in [2.05, 4.69) is 35.9 Å². The van der Waals surface area contributed by atoms with Gasteiger partial charge in [0.25, 0.3) is 5.91 Å². The van der Waals surface area contributed by atoms with Crippen molar-refractivity contribution in [3.05, 3.63) is 52.5 Å². The van der Waals surface area contributed by atoms with Crippen LogP contribution in [0.15, 0.2) is 35.8 Å². The topological polar surface area (TPSA) is 49.3 Å². The van der Waals surface area contributed by atoms with E-state index >= 15 is 0 Å². The summed E-state index contributed by atoms with van der Waals surface area (Å²) in [5, 5.41) is 0.766. The summed E-state index contributed by atoms with van der Waals surface area (Å²) in [7, 11) is 4.10. The molecule has 1 amide bonds. The van der Waals surface area contributed by atoms with Gasteiger partial charge in [-0.1, -0.05) is 17.4 Å². The van der Waals surface area contributed by atoms with E-state index in [9.17, 15) is 4.79 Å². The number of carbonyl (C=O) groups excluding carboxylic acids is 1. The Bertz CT molecular complexity index is 1180. The summed E-state index contributed by atoms with van der Waals surface area (Å²) in [4.78, 5) is 26.6. The average molecular weight is 425 g/mol. The molecule has 0 atom stereocenters. The van der Waals surface area contributed by atoms with Crippen LogP contribution in [0.3, 0.4) is 0 Å². The molecule has 0 unspecified atom stereocenters. The van der Waals surface area contributed by atoms with Crippen molar-refractivity contribution in [1.29, 1.82) is 0 Å². The summed E-state index contributed by atoms with van der Waals surface area (Å²) in [6.07, 6.45) is 0.884. The molecular formula is C22H24N4OS2. The Morgan fingerprint density at radius 1 is 1.07 bits per heavy atom. The van der Waals surface area contributed by atoms with Crippen molar-refractivity contribution in [2.75, 3.05) is 32.1 Å². The summed E-state index contributed by atoms with van der Waals surface area (Å²) in [6.45, 7) is 5.74. The monoisotopic (exact) mass is 424 g/mol. The molecule has 0 spiro atoms. The molecule has 0 saturated carbocycles. The van der Waals surface area contributed by atoms with Gasteiger partial charge in [-0.2, -0.15) is 0 Å². The van der Waals surface area contributed by atoms with Gasteiger partial charge in [0.1, 0.15) is 0 Å². The molecule has 2 aromatic carbocycles. The van der Waals surface area contributed by atoms with Crippen LogP contribution in [0.25, 0.3) is 20.4 Å². The molecule has 0 aliphatic carbocycles. The SMILES string of the molecule is Cc1cc(C)c2sc(N(CCCN(C)C)C(=O)c3ccc4ncsc4c3)nc2c1. The van der Waals surface area contributed by atoms with Crippen LogP contribution in [0, 0.1) is 13.8 Å². The number of anilines is 1. The van der Waals surface area contributed by atoms with Crippen LogP contribution < -0.4 is 4.90 Å². The highest BCUT2D eigenvalue weighted by Crippen LogP contribution is 2.33. The van der Waals surface area contributed by atoms with Crippen LogP contribution in [0.1, 0.15) is 27.9 Å². The van der Waals surface area contributed by atoms with Gasteiger partial charge in [0.2, 0.25) is 0 Å². The molecule has 0 N–H and O–H groups in total. The average Bonchev–Trinajstić information content (AvgIpc) is 3.30. The minimum atomic E-state index is -0.00696. The number of hydrogen-bond acceptors (Lipinski definition) is 6. The lowest BCUT2D eigenvalue weighted by molar-refractivity contribution is 0.0986. The van der Waals surface area contributed by atoms with Crippen LogP contribution in [0.4, 0.5) is 5.13 Å². The Hall–Kier alpha value is -2.35. The van der Waals surface area contributed by atoms with Crippen molar-refractivity contribution in [1.82, 2.24) is 14.9 Å². The number of carbonyl (C=O) groups is 1. The van der Waals surface area contributed by atoms with Crippen molar-refractivity contribution < 1.29 is 4.79 Å². The highest BCUT2D eigenvalue weighted by molar-refractivity contribution is 7.22. The van der Waals surface area contributed by atoms with E-state index in [0.717, 1.165) is 38.5 Å². The molecule has 4 rings (SSSR count). The smallest absolute Gasteiger partial charge is 0.260 e. The van der Waals surface area contributed by atoms with E-state index in [1.165, 1.54) is 11.1 Å². The number of rotatable bonds is 6. The lowest BCUT2D eigenvalue weighted by Gasteiger charge is -2.21. The lowest BCUT2D eigenvalue weighted by atomic mass is 10.1. The third kappa shape index (κ3) is 4.17. The van der Waals surface area contributed by atoms with E-state index < -0.39 is 0 Å². The predicted molar refractivity (Wildman–Crippen MR) is 124 cm³/mol. The first kappa shape index (κ1) is 19.9. The zero-order chi connectivity index (χ0) is 20.5. The van der Waals surface area contributed by atoms with Gasteiger partial charge in [-0.05, 0) is 76.3 Å². The molecule has 2 heterocycles. The molecule has 4 aromatic rings. The Balaban J connectivity index is 1.72. The van der Waals surface area contributed by atoms with E-state index in [4.69, 9.17) is 4.98 Å². The van der Waals surface area contributed by atoms with Crippen molar-refractivity contribution in [3.63, 3.8) is 0 Å². The molecule has 0 bridgehead atoms. The van der Waals surface area contributed by atoms with Crippen LogP contribution in [-0.2, 0) is 0 Å². The second-order valence-electron chi connectivity index (χ2n) is 7.57. The zero-order valence-corrected chi connectivity index (χ0v) is 18.7. The molecule has 0 radical (unpaired) electrons. The number of nitrogens with zero attached hydrogens (tertiary/aromatic N) is 4. The largest absolute Gasteiger partial charge is 0.309 e. The Morgan fingerprint density at radius 3 is 2.69 bits per heavy atom. The zero-order valence-electron chi connectivity index (χ0n) is 17.1. The van der Waals surface area contributed by atoms with Crippen LogP contribution in [-0.4, -0.2) is 48.0 Å². The maximum atomic E-state index is 13.5. The molecule has 0 saturated heterocycles. The summed E-state index contributed by atoms with van der Waals surface area (Å²) in [6, 6.07) is 9.99. The maximum absolute atomic E-state index is 13.5. The summed E-state index contributed by atoms with van der Waals surface area (Å²) < 4.78 is 2.17. The first-order valence-electron chi connectivity index (χ1n) is 9.60. The van der Waals surface area contributed by atoms with Gasteiger partial charge in [-0.3, -0.25) is 9.69 Å². The Labute approximate surface area is 178 Å². The molecule has 150 valence electrons. The van der Waals surface area contributed by atoms with E-state index in [1.54, 1.807) is 22.7 Å². The van der Waals surface area contributed by atoms with E-state index in [1.807, 2.05) is 42.7 Å². The lowest BCUT2D eigenvalue weighted by Crippen LogP contribution is -2.33. The number of aryl methyl sites for hydroxylation is 2. The van der Waals surface area contributed by atoms with Crippen LogP contribution >= 0.6 is 22.7 Å². The second-order valence-corrected chi connectivity index (χ2v) is 9.44. The van der Waals surface area contributed by atoms with E-state index in [-0.39, 0.29) is 5.91 Å². The third-order valence-electron chi connectivity index (χ3n) is 4.85. The van der Waals surface area contributed by atoms with Crippen LogP contribution in [0.2, 0.25) is 0 Å². The number of fused-ring (bicyclic) bond motifs is 2. The van der Waals surface area contributed by atoms with Crippen molar-refractivity contribution in [2.45, 2.75) is 20.3 Å². The quantitative estimate of drug-likeness (QED) is 0.431. The summed E-state index contributed by atoms with van der Waals surface area (Å²) in [5.74, 6) is -0.00696. The molecule has 0 fully saturated rings. The Morgan fingerprint density at radius 2 is 1.90 bits per heavy atom. The molecule has 0 aliphatic heterocycles. The highest BCUT2D eigenvalue weighted by atomic mass is 32.1. The summed E-state index contributed by atoms with van der Waals surface area (Å²) in [5.41, 5.74) is 6.77. The first-order valence-corrected chi connectivity index (χ1v) is 11.3. The third-order valence-corrected chi connectivity index (χ3v) is 6.87. The first-order chi connectivity index (χ1) is 13.9. The number of benzene rings is 2. The molecule has 2 aromatic heterocycles. The highest BCUT2D eigenvalue weighted by Gasteiger charge is 2.22. The maximum Gasteiger partial charge on any atom is 0.260 e. The minimum Gasteiger partial charge on any atom is -0.309 e. The fraction of sp³-hybridized carbons (Fsp3) is 0.318. The van der Waals surface area contributed by atoms with E-state index in [0.29, 0.717) is 12.1 Å². The van der Waals surface area contributed by atoms with Gasteiger partial charge in [0.15, 0.2) is 5.13 Å². The molecule has 0 aliphatic rings. The second kappa shape index (κ2) is 8.18. The minimum absolute atomic E-state index is 0.00696. The van der Waals surface area contributed by atoms with Gasteiger partial charge in [-0.25, -0.2) is 9.97 Å². The van der Waals surface area contributed by atoms with Crippen molar-refractivity contribution in [3.8, 4) is 0 Å². The number of amides is 1. The van der Waals surface area contributed by atoms with Gasteiger partial charge < -0.3 is 4.90 Å². The summed E-state index contributed by atoms with van der Waals surface area (Å²) >= 11 is 3.15. The van der Waals surface area contributed by atoms with Crippen molar-refractivity contribution in [2.24, 2.45) is 0 Å². The number of thiazole rings is 2. The fourth-order valence-electron chi connectivity index (χ4n) is 3.45. The number of hydrogen-bond donors (Lipinski definition) is 0. The molecule has 7 heteroatoms. The fourth-order valence-corrected chi connectivity index (χ4v) is 5.21. The predicted octanol–water partition coefficient (Wildman–Crippen LogP) is 5.12.